The lowest BCUT2D eigenvalue weighted by molar-refractivity contribution is 0.0948. The fraction of sp³-hybridized carbons (Fsp3) is 0.417. The second-order valence-electron chi connectivity index (χ2n) is 8.70. The normalized spacial score (nSPS) is 15.6. The van der Waals surface area contributed by atoms with Crippen molar-refractivity contribution in [3.05, 3.63) is 70.9 Å². The van der Waals surface area contributed by atoms with Gasteiger partial charge in [0.25, 0.3) is 5.91 Å². The van der Waals surface area contributed by atoms with E-state index in [1.165, 1.54) is 0 Å². The Hall–Kier alpha value is -2.91. The summed E-state index contributed by atoms with van der Waals surface area (Å²) in [6, 6.07) is 10.8. The van der Waals surface area contributed by atoms with Crippen molar-refractivity contribution in [2.75, 3.05) is 13.1 Å². The van der Waals surface area contributed by atoms with Gasteiger partial charge in [0, 0.05) is 18.7 Å². The summed E-state index contributed by atoms with van der Waals surface area (Å²) in [4.78, 5) is 12.7. The van der Waals surface area contributed by atoms with E-state index in [-0.39, 0.29) is 5.91 Å². The van der Waals surface area contributed by atoms with Gasteiger partial charge in [0.1, 0.15) is 10.7 Å². The Labute approximate surface area is 194 Å². The zero-order chi connectivity index (χ0) is 23.6. The monoisotopic (exact) mass is 470 g/mol. The molecule has 1 aliphatic heterocycles. The lowest BCUT2D eigenvalue weighted by Gasteiger charge is -2.29. The predicted molar refractivity (Wildman–Crippen MR) is 124 cm³/mol. The van der Waals surface area contributed by atoms with Gasteiger partial charge in [0.05, 0.1) is 30.7 Å². The molecular weight excluding hydrogens is 440 g/mol. The molecule has 3 heterocycles. The number of nitrogens with zero attached hydrogens (tertiary/aromatic N) is 3. The van der Waals surface area contributed by atoms with E-state index in [0.29, 0.717) is 59.7 Å². The molecule has 0 saturated carbocycles. The van der Waals surface area contributed by atoms with Gasteiger partial charge in [-0.25, -0.2) is 8.42 Å². The van der Waals surface area contributed by atoms with Crippen molar-refractivity contribution in [2.45, 2.75) is 51.6 Å². The molecule has 4 rings (SSSR count). The van der Waals surface area contributed by atoms with Gasteiger partial charge < -0.3 is 9.73 Å². The minimum atomic E-state index is -3.57. The zero-order valence-electron chi connectivity index (χ0n) is 19.2. The number of carbonyl (C=O) groups excluding carboxylic acids is 1. The molecule has 0 bridgehead atoms. The predicted octanol–water partition coefficient (Wildman–Crippen LogP) is 3.49. The zero-order valence-corrected chi connectivity index (χ0v) is 20.1. The molecule has 0 spiro atoms. The summed E-state index contributed by atoms with van der Waals surface area (Å²) < 4.78 is 35.1. The maximum absolute atomic E-state index is 13.3. The molecule has 1 aromatic carbocycles. The lowest BCUT2D eigenvalue weighted by Crippen LogP contribution is -2.38. The minimum Gasteiger partial charge on any atom is -0.467 e. The fourth-order valence-corrected chi connectivity index (χ4v) is 6.02. The summed E-state index contributed by atoms with van der Waals surface area (Å²) in [5.41, 5.74) is 2.62. The first-order valence-electron chi connectivity index (χ1n) is 11.2. The second-order valence-corrected chi connectivity index (χ2v) is 10.6. The number of aryl methyl sites for hydroxylation is 1. The molecule has 0 unspecified atom stereocenters. The number of furan rings is 1. The number of nitrogens with one attached hydrogen (secondary N) is 1. The number of rotatable bonds is 7. The summed E-state index contributed by atoms with van der Waals surface area (Å²) in [6.07, 6.45) is 3.33. The Morgan fingerprint density at radius 3 is 2.48 bits per heavy atom. The Kier molecular flexibility index (Phi) is 6.71. The van der Waals surface area contributed by atoms with Crippen molar-refractivity contribution in [1.29, 1.82) is 0 Å². The van der Waals surface area contributed by atoms with Crippen LogP contribution in [-0.4, -0.2) is 41.5 Å². The first-order chi connectivity index (χ1) is 15.8. The van der Waals surface area contributed by atoms with E-state index in [1.54, 1.807) is 53.4 Å². The maximum Gasteiger partial charge on any atom is 0.251 e. The van der Waals surface area contributed by atoms with Gasteiger partial charge in [0.15, 0.2) is 0 Å². The molecule has 1 N–H and O–H groups in total. The molecule has 2 aromatic heterocycles. The van der Waals surface area contributed by atoms with Crippen LogP contribution in [0.4, 0.5) is 0 Å². The topological polar surface area (TPSA) is 97.4 Å². The van der Waals surface area contributed by atoms with Crippen LogP contribution in [-0.2, 0) is 23.1 Å². The third kappa shape index (κ3) is 5.04. The summed E-state index contributed by atoms with van der Waals surface area (Å²) >= 11 is 0. The number of aromatic nitrogens is 2. The van der Waals surface area contributed by atoms with Crippen molar-refractivity contribution in [2.24, 2.45) is 5.92 Å². The summed E-state index contributed by atoms with van der Waals surface area (Å²) in [5, 5.41) is 7.34. The van der Waals surface area contributed by atoms with Crippen molar-refractivity contribution >= 4 is 15.9 Å². The fourth-order valence-electron chi connectivity index (χ4n) is 4.18. The number of piperidine rings is 1. The summed E-state index contributed by atoms with van der Waals surface area (Å²) in [6.45, 7) is 7.56. The van der Waals surface area contributed by atoms with Crippen LogP contribution >= 0.6 is 0 Å². The van der Waals surface area contributed by atoms with Crippen LogP contribution in [0.1, 0.15) is 52.8 Å². The molecule has 176 valence electrons. The third-order valence-electron chi connectivity index (χ3n) is 6.21. The third-order valence-corrected chi connectivity index (χ3v) is 8.36. The van der Waals surface area contributed by atoms with E-state index >= 15 is 0 Å². The van der Waals surface area contributed by atoms with E-state index in [0.717, 1.165) is 18.4 Å². The molecule has 0 aliphatic carbocycles. The van der Waals surface area contributed by atoms with E-state index < -0.39 is 10.0 Å². The standard InChI is InChI=1S/C24H30N4O4S/c1-17-10-12-27(13-11-17)33(30,31)23-18(2)26-28(19(23)3)16-20-6-8-21(9-7-20)24(29)25-15-22-5-4-14-32-22/h4-9,14,17H,10-13,15-16H2,1-3H3,(H,25,29). The van der Waals surface area contributed by atoms with Crippen LogP contribution in [0.5, 0.6) is 0 Å². The largest absolute Gasteiger partial charge is 0.467 e. The Morgan fingerprint density at radius 2 is 1.85 bits per heavy atom. The van der Waals surface area contributed by atoms with Gasteiger partial charge in [-0.05, 0) is 62.4 Å². The number of hydrogen-bond donors (Lipinski definition) is 1. The molecule has 1 amide bonds. The summed E-state index contributed by atoms with van der Waals surface area (Å²) in [7, 11) is -3.57. The van der Waals surface area contributed by atoms with Crippen molar-refractivity contribution in [3.63, 3.8) is 0 Å². The molecule has 1 aliphatic rings. The highest BCUT2D eigenvalue weighted by molar-refractivity contribution is 7.89. The first kappa shape index (κ1) is 23.3. The van der Waals surface area contributed by atoms with Crippen LogP contribution in [0.25, 0.3) is 0 Å². The van der Waals surface area contributed by atoms with Gasteiger partial charge >= 0.3 is 0 Å². The van der Waals surface area contributed by atoms with Crippen LogP contribution in [0.3, 0.4) is 0 Å². The number of carbonyl (C=O) groups is 1. The molecule has 0 radical (unpaired) electrons. The highest BCUT2D eigenvalue weighted by atomic mass is 32.2. The molecule has 1 saturated heterocycles. The molecular formula is C24H30N4O4S. The number of benzene rings is 1. The Balaban J connectivity index is 1.45. The minimum absolute atomic E-state index is 0.187. The SMILES string of the molecule is Cc1nn(Cc2ccc(C(=O)NCc3ccco3)cc2)c(C)c1S(=O)(=O)N1CCC(C)CC1. The highest BCUT2D eigenvalue weighted by Crippen LogP contribution is 2.28. The smallest absolute Gasteiger partial charge is 0.251 e. The Morgan fingerprint density at radius 1 is 1.15 bits per heavy atom. The van der Waals surface area contributed by atoms with Crippen LogP contribution < -0.4 is 5.32 Å². The van der Waals surface area contributed by atoms with E-state index in [1.807, 2.05) is 12.1 Å². The van der Waals surface area contributed by atoms with Gasteiger partial charge in [-0.15, -0.1) is 0 Å². The molecule has 8 nitrogen and oxygen atoms in total. The molecule has 0 atom stereocenters. The van der Waals surface area contributed by atoms with Crippen molar-refractivity contribution in [1.82, 2.24) is 19.4 Å². The van der Waals surface area contributed by atoms with Crippen molar-refractivity contribution < 1.29 is 17.6 Å². The average Bonchev–Trinajstić information content (AvgIpc) is 3.40. The van der Waals surface area contributed by atoms with Gasteiger partial charge in [-0.2, -0.15) is 9.40 Å². The Bertz CT molecular complexity index is 1210. The molecule has 9 heteroatoms. The number of hydrogen-bond acceptors (Lipinski definition) is 5. The van der Waals surface area contributed by atoms with E-state index in [9.17, 15) is 13.2 Å². The quantitative estimate of drug-likeness (QED) is 0.570. The lowest BCUT2D eigenvalue weighted by atomic mass is 10.0. The number of amides is 1. The van der Waals surface area contributed by atoms with Gasteiger partial charge in [-0.1, -0.05) is 19.1 Å². The van der Waals surface area contributed by atoms with E-state index in [4.69, 9.17) is 4.42 Å². The van der Waals surface area contributed by atoms with Crippen LogP contribution in [0.15, 0.2) is 52.0 Å². The first-order valence-corrected chi connectivity index (χ1v) is 12.6. The second kappa shape index (κ2) is 9.52. The molecule has 1 fully saturated rings. The number of sulfonamides is 1. The van der Waals surface area contributed by atoms with Crippen LogP contribution in [0.2, 0.25) is 0 Å². The summed E-state index contributed by atoms with van der Waals surface area (Å²) in [5.74, 6) is 1.05. The van der Waals surface area contributed by atoms with Crippen LogP contribution in [0, 0.1) is 19.8 Å². The van der Waals surface area contributed by atoms with Crippen molar-refractivity contribution in [3.8, 4) is 0 Å². The maximum atomic E-state index is 13.3. The van der Waals surface area contributed by atoms with E-state index in [2.05, 4.69) is 17.3 Å². The van der Waals surface area contributed by atoms with Gasteiger partial charge in [-0.3, -0.25) is 9.48 Å². The van der Waals surface area contributed by atoms with Gasteiger partial charge in [0.2, 0.25) is 10.0 Å². The average molecular weight is 471 g/mol. The molecule has 33 heavy (non-hydrogen) atoms. The molecule has 3 aromatic rings. The highest BCUT2D eigenvalue weighted by Gasteiger charge is 2.33.